The Balaban J connectivity index is 2.18. The van der Waals surface area contributed by atoms with Crippen molar-refractivity contribution in [3.8, 4) is 0 Å². The molecular formula is C25H49N2+. The summed E-state index contributed by atoms with van der Waals surface area (Å²) in [5, 5.41) is 0. The van der Waals surface area contributed by atoms with E-state index in [4.69, 9.17) is 0 Å². The van der Waals surface area contributed by atoms with Gasteiger partial charge in [0, 0.05) is 6.42 Å². The summed E-state index contributed by atoms with van der Waals surface area (Å²) in [6.07, 6.45) is 28.4. The van der Waals surface area contributed by atoms with E-state index in [9.17, 15) is 0 Å². The van der Waals surface area contributed by atoms with Gasteiger partial charge in [-0.15, -0.1) is 0 Å². The topological polar surface area (TPSA) is 8.81 Å². The normalized spacial score (nSPS) is 11.4. The predicted octanol–water partition coefficient (Wildman–Crippen LogP) is 7.62. The van der Waals surface area contributed by atoms with E-state index in [2.05, 4.69) is 42.3 Å². The number of hydrogen-bond donors (Lipinski definition) is 0. The summed E-state index contributed by atoms with van der Waals surface area (Å²) in [5.74, 6) is 1.56. The van der Waals surface area contributed by atoms with E-state index in [-0.39, 0.29) is 0 Å². The molecule has 0 aliphatic heterocycles. The van der Waals surface area contributed by atoms with Gasteiger partial charge in [-0.1, -0.05) is 97.3 Å². The monoisotopic (exact) mass is 377 g/mol. The van der Waals surface area contributed by atoms with E-state index in [1.54, 1.807) is 5.82 Å². The molecule has 0 bridgehead atoms. The molecule has 1 heterocycles. The minimum atomic E-state index is 1.11. The maximum absolute atomic E-state index is 2.54. The Morgan fingerprint density at radius 1 is 0.630 bits per heavy atom. The van der Waals surface area contributed by atoms with Gasteiger partial charge in [0.2, 0.25) is 0 Å². The van der Waals surface area contributed by atoms with Crippen LogP contribution in [0.15, 0.2) is 12.4 Å². The first-order valence-corrected chi connectivity index (χ1v) is 12.4. The Morgan fingerprint density at radius 2 is 1.11 bits per heavy atom. The third kappa shape index (κ3) is 11.6. The third-order valence-electron chi connectivity index (χ3n) is 5.94. The molecule has 0 aliphatic rings. The molecule has 1 aromatic rings. The molecule has 0 N–H and O–H groups in total. The molecule has 1 aromatic heterocycles. The molecule has 0 saturated heterocycles. The van der Waals surface area contributed by atoms with Crippen molar-refractivity contribution in [2.75, 3.05) is 0 Å². The van der Waals surface area contributed by atoms with Crippen LogP contribution in [0.3, 0.4) is 0 Å². The summed E-state index contributed by atoms with van der Waals surface area (Å²) in [5.41, 5.74) is 0. The number of aromatic nitrogens is 2. The highest BCUT2D eigenvalue weighted by molar-refractivity contribution is 4.83. The van der Waals surface area contributed by atoms with Crippen LogP contribution in [0.25, 0.3) is 0 Å². The van der Waals surface area contributed by atoms with Gasteiger partial charge >= 0.3 is 0 Å². The van der Waals surface area contributed by atoms with Crippen LogP contribution in [-0.4, -0.2) is 4.57 Å². The molecule has 1 rings (SSSR count). The fourth-order valence-corrected chi connectivity index (χ4v) is 4.11. The number of hydrogen-bond acceptors (Lipinski definition) is 0. The first kappa shape index (κ1) is 24.2. The van der Waals surface area contributed by atoms with Gasteiger partial charge in [0.05, 0.1) is 13.1 Å². The van der Waals surface area contributed by atoms with Gasteiger partial charge < -0.3 is 0 Å². The Morgan fingerprint density at radius 3 is 1.63 bits per heavy atom. The van der Waals surface area contributed by atoms with Crippen molar-refractivity contribution in [1.82, 2.24) is 4.57 Å². The van der Waals surface area contributed by atoms with E-state index < -0.39 is 0 Å². The molecule has 27 heavy (non-hydrogen) atoms. The summed E-state index contributed by atoms with van der Waals surface area (Å²) >= 11 is 0. The Labute approximate surface area is 170 Å². The van der Waals surface area contributed by atoms with E-state index in [1.165, 1.54) is 116 Å². The summed E-state index contributed by atoms with van der Waals surface area (Å²) < 4.78 is 5.01. The smallest absolute Gasteiger partial charge is 0.235 e. The van der Waals surface area contributed by atoms with Gasteiger partial charge in [-0.2, -0.15) is 0 Å². The average Bonchev–Trinajstić information content (AvgIpc) is 3.08. The number of aryl methyl sites for hydroxylation is 2. The molecule has 0 aromatic carbocycles. The highest BCUT2D eigenvalue weighted by Crippen LogP contribution is 2.12. The van der Waals surface area contributed by atoms with Crippen LogP contribution in [0.2, 0.25) is 0 Å². The molecule has 0 atom stereocenters. The van der Waals surface area contributed by atoms with Crippen molar-refractivity contribution in [2.24, 2.45) is 0 Å². The Hall–Kier alpha value is -0.790. The number of rotatable bonds is 19. The molecule has 0 saturated carbocycles. The number of unbranched alkanes of at least 4 members (excludes halogenated alkanes) is 14. The summed E-state index contributed by atoms with van der Waals surface area (Å²) in [7, 11) is 0. The highest BCUT2D eigenvalue weighted by Gasteiger charge is 2.15. The summed E-state index contributed by atoms with van der Waals surface area (Å²) in [6.45, 7) is 9.19. The van der Waals surface area contributed by atoms with Crippen molar-refractivity contribution < 1.29 is 4.57 Å². The second kappa shape index (κ2) is 17.3. The molecule has 0 radical (unpaired) electrons. The predicted molar refractivity (Wildman–Crippen MR) is 119 cm³/mol. The van der Waals surface area contributed by atoms with E-state index in [0.29, 0.717) is 0 Å². The lowest BCUT2D eigenvalue weighted by atomic mass is 10.1. The quantitative estimate of drug-likeness (QED) is 0.173. The molecule has 0 unspecified atom stereocenters. The zero-order chi connectivity index (χ0) is 19.6. The van der Waals surface area contributed by atoms with Gasteiger partial charge in [0.15, 0.2) is 0 Å². The zero-order valence-corrected chi connectivity index (χ0v) is 19.0. The molecule has 2 nitrogen and oxygen atoms in total. The van der Waals surface area contributed by atoms with Crippen LogP contribution in [-0.2, 0) is 19.5 Å². The van der Waals surface area contributed by atoms with Crippen LogP contribution in [0.5, 0.6) is 0 Å². The zero-order valence-electron chi connectivity index (χ0n) is 19.0. The summed E-state index contributed by atoms with van der Waals surface area (Å²) in [6, 6.07) is 0. The van der Waals surface area contributed by atoms with Crippen molar-refractivity contribution >= 4 is 0 Å². The SMILES string of the molecule is CCCCCCCCCCCc1n(CC)cc[n+]1CCCCCCCCC. The lowest BCUT2D eigenvalue weighted by Gasteiger charge is -2.05. The highest BCUT2D eigenvalue weighted by atomic mass is 15.1. The second-order valence-corrected chi connectivity index (χ2v) is 8.39. The third-order valence-corrected chi connectivity index (χ3v) is 5.94. The molecular weight excluding hydrogens is 328 g/mol. The minimum Gasteiger partial charge on any atom is -0.235 e. The Kier molecular flexibility index (Phi) is 15.6. The van der Waals surface area contributed by atoms with Crippen molar-refractivity contribution in [3.05, 3.63) is 18.2 Å². The molecule has 0 aliphatic carbocycles. The molecule has 0 amide bonds. The van der Waals surface area contributed by atoms with Gasteiger partial charge in [-0.05, 0) is 26.2 Å². The van der Waals surface area contributed by atoms with Gasteiger partial charge in [0.1, 0.15) is 12.4 Å². The fourth-order valence-electron chi connectivity index (χ4n) is 4.11. The maximum Gasteiger partial charge on any atom is 0.256 e. The lowest BCUT2D eigenvalue weighted by Crippen LogP contribution is -2.37. The van der Waals surface area contributed by atoms with Gasteiger partial charge in [0.25, 0.3) is 5.82 Å². The maximum atomic E-state index is 2.54. The second-order valence-electron chi connectivity index (χ2n) is 8.39. The van der Waals surface area contributed by atoms with Gasteiger partial charge in [-0.25, -0.2) is 9.13 Å². The largest absolute Gasteiger partial charge is 0.256 e. The molecule has 2 heteroatoms. The average molecular weight is 378 g/mol. The lowest BCUT2D eigenvalue weighted by molar-refractivity contribution is -0.704. The van der Waals surface area contributed by atoms with Crippen LogP contribution >= 0.6 is 0 Å². The van der Waals surface area contributed by atoms with Crippen molar-refractivity contribution in [1.29, 1.82) is 0 Å². The molecule has 0 spiro atoms. The van der Waals surface area contributed by atoms with Gasteiger partial charge in [-0.3, -0.25) is 0 Å². The van der Waals surface area contributed by atoms with Crippen LogP contribution in [0.1, 0.15) is 129 Å². The van der Waals surface area contributed by atoms with Crippen molar-refractivity contribution in [3.63, 3.8) is 0 Å². The van der Waals surface area contributed by atoms with Crippen LogP contribution in [0.4, 0.5) is 0 Å². The Bertz CT molecular complexity index is 436. The standard InChI is InChI=1S/C25H49N2/c1-4-7-9-11-13-14-15-17-19-21-25-26(6-3)23-24-27(25)22-20-18-16-12-10-8-5-2/h23-24H,4-22H2,1-3H3/q+1. The molecule has 158 valence electrons. The molecule has 0 fully saturated rings. The van der Waals surface area contributed by atoms with Crippen LogP contribution < -0.4 is 4.57 Å². The number of imidazole rings is 1. The summed E-state index contributed by atoms with van der Waals surface area (Å²) in [4.78, 5) is 0. The fraction of sp³-hybridized carbons (Fsp3) is 0.880. The number of nitrogens with zero attached hydrogens (tertiary/aromatic N) is 2. The van der Waals surface area contributed by atoms with E-state index >= 15 is 0 Å². The first-order chi connectivity index (χ1) is 13.3. The van der Waals surface area contributed by atoms with E-state index in [0.717, 1.165) is 6.54 Å². The van der Waals surface area contributed by atoms with Crippen LogP contribution in [0, 0.1) is 0 Å². The first-order valence-electron chi connectivity index (χ1n) is 12.4. The van der Waals surface area contributed by atoms with Crippen molar-refractivity contribution in [2.45, 2.75) is 143 Å². The minimum absolute atomic E-state index is 1.11. The van der Waals surface area contributed by atoms with E-state index in [1.807, 2.05) is 0 Å².